The van der Waals surface area contributed by atoms with E-state index in [1.54, 1.807) is 17.8 Å². The van der Waals surface area contributed by atoms with Crippen molar-refractivity contribution < 1.29 is 9.32 Å². The van der Waals surface area contributed by atoms with Crippen molar-refractivity contribution in [1.82, 2.24) is 20.2 Å². The van der Waals surface area contributed by atoms with E-state index >= 15 is 0 Å². The molecule has 0 unspecified atom stereocenters. The van der Waals surface area contributed by atoms with Crippen LogP contribution in [-0.4, -0.2) is 26.1 Å². The quantitative estimate of drug-likeness (QED) is 0.788. The summed E-state index contributed by atoms with van der Waals surface area (Å²) < 4.78 is 6.52. The van der Waals surface area contributed by atoms with Crippen LogP contribution in [0.15, 0.2) is 10.7 Å². The van der Waals surface area contributed by atoms with E-state index < -0.39 is 5.91 Å². The lowest BCUT2D eigenvalue weighted by molar-refractivity contribution is 0.0991. The van der Waals surface area contributed by atoms with E-state index in [2.05, 4.69) is 15.5 Å². The van der Waals surface area contributed by atoms with Crippen molar-refractivity contribution in [2.24, 2.45) is 5.73 Å². The second-order valence-electron chi connectivity index (χ2n) is 3.49. The maximum absolute atomic E-state index is 11.1. The van der Waals surface area contributed by atoms with E-state index in [4.69, 9.17) is 10.3 Å². The van der Waals surface area contributed by atoms with Gasteiger partial charge in [-0.15, -0.1) is 5.10 Å². The van der Waals surface area contributed by atoms with Crippen LogP contribution in [-0.2, 0) is 6.54 Å². The average molecular weight is 221 g/mol. The highest BCUT2D eigenvalue weighted by Crippen LogP contribution is 2.14. The van der Waals surface area contributed by atoms with Gasteiger partial charge in [0.15, 0.2) is 5.69 Å². The highest BCUT2D eigenvalue weighted by molar-refractivity contribution is 5.92. The fraction of sp³-hybridized carbons (Fsp3) is 0.333. The van der Waals surface area contributed by atoms with Gasteiger partial charge in [0.25, 0.3) is 5.91 Å². The lowest BCUT2D eigenvalue weighted by atomic mass is 10.2. The van der Waals surface area contributed by atoms with Gasteiger partial charge in [-0.1, -0.05) is 10.4 Å². The Bertz CT molecular complexity index is 528. The van der Waals surface area contributed by atoms with Gasteiger partial charge in [0.2, 0.25) is 0 Å². The first kappa shape index (κ1) is 10.3. The molecule has 0 saturated heterocycles. The number of aryl methyl sites for hydroxylation is 2. The number of amides is 1. The highest BCUT2D eigenvalue weighted by atomic mass is 16.5. The number of nitrogens with zero attached hydrogens (tertiary/aromatic N) is 4. The summed E-state index contributed by atoms with van der Waals surface area (Å²) in [4.78, 5) is 11.1. The lowest BCUT2D eigenvalue weighted by Crippen LogP contribution is -2.15. The molecule has 0 spiro atoms. The fourth-order valence-corrected chi connectivity index (χ4v) is 1.41. The Morgan fingerprint density at radius 1 is 1.56 bits per heavy atom. The van der Waals surface area contributed by atoms with E-state index in [-0.39, 0.29) is 5.69 Å². The third-order valence-corrected chi connectivity index (χ3v) is 2.19. The van der Waals surface area contributed by atoms with Crippen molar-refractivity contribution in [1.29, 1.82) is 0 Å². The van der Waals surface area contributed by atoms with Gasteiger partial charge >= 0.3 is 0 Å². The molecule has 0 radical (unpaired) electrons. The zero-order chi connectivity index (χ0) is 11.7. The van der Waals surface area contributed by atoms with Crippen LogP contribution in [0.3, 0.4) is 0 Å². The van der Waals surface area contributed by atoms with Crippen LogP contribution in [0.4, 0.5) is 0 Å². The van der Waals surface area contributed by atoms with E-state index in [1.807, 2.05) is 6.92 Å². The van der Waals surface area contributed by atoms with Gasteiger partial charge in [0.05, 0.1) is 12.2 Å². The molecule has 16 heavy (non-hydrogen) atoms. The van der Waals surface area contributed by atoms with Crippen molar-refractivity contribution in [3.63, 3.8) is 0 Å². The second kappa shape index (κ2) is 3.76. The normalized spacial score (nSPS) is 10.6. The topological polar surface area (TPSA) is 99.8 Å². The first-order valence-electron chi connectivity index (χ1n) is 4.69. The van der Waals surface area contributed by atoms with Crippen LogP contribution < -0.4 is 5.73 Å². The van der Waals surface area contributed by atoms with Crippen LogP contribution in [0, 0.1) is 13.8 Å². The summed E-state index contributed by atoms with van der Waals surface area (Å²) >= 11 is 0. The van der Waals surface area contributed by atoms with Gasteiger partial charge in [0.1, 0.15) is 5.76 Å². The van der Waals surface area contributed by atoms with Crippen molar-refractivity contribution >= 4 is 5.91 Å². The zero-order valence-electron chi connectivity index (χ0n) is 8.97. The molecule has 0 atom stereocenters. The van der Waals surface area contributed by atoms with Crippen LogP contribution in [0.25, 0.3) is 0 Å². The molecule has 2 aromatic rings. The van der Waals surface area contributed by atoms with Crippen molar-refractivity contribution in [3.8, 4) is 0 Å². The molecule has 2 aromatic heterocycles. The fourth-order valence-electron chi connectivity index (χ4n) is 1.41. The van der Waals surface area contributed by atoms with Crippen LogP contribution >= 0.6 is 0 Å². The largest absolute Gasteiger partial charge is 0.364 e. The molecule has 0 aromatic carbocycles. The minimum Gasteiger partial charge on any atom is -0.364 e. The van der Waals surface area contributed by atoms with Crippen LogP contribution in [0.2, 0.25) is 0 Å². The molecule has 0 aliphatic carbocycles. The Morgan fingerprint density at radius 3 is 2.88 bits per heavy atom. The molecule has 7 heteroatoms. The summed E-state index contributed by atoms with van der Waals surface area (Å²) in [6.07, 6.45) is 1.76. The summed E-state index contributed by atoms with van der Waals surface area (Å²) in [6.45, 7) is 3.92. The predicted molar refractivity (Wildman–Crippen MR) is 53.6 cm³/mol. The molecule has 2 heterocycles. The summed E-state index contributed by atoms with van der Waals surface area (Å²) in [5, 5.41) is 11.3. The molecular formula is C9H11N5O2. The number of hydrogen-bond acceptors (Lipinski definition) is 5. The van der Waals surface area contributed by atoms with Gasteiger partial charge in [-0.25, -0.2) is 4.68 Å². The Morgan fingerprint density at radius 2 is 2.31 bits per heavy atom. The monoisotopic (exact) mass is 221 g/mol. The third-order valence-electron chi connectivity index (χ3n) is 2.19. The Hall–Kier alpha value is -2.18. The standard InChI is InChI=1S/C9H11N5O2/c1-5-3-14(13-11-5)4-7-6(2)16-12-8(7)9(10)15/h3H,4H2,1-2H3,(H2,10,15). The Balaban J connectivity index is 2.33. The number of carbonyl (C=O) groups excluding carboxylic acids is 1. The molecule has 84 valence electrons. The van der Waals surface area contributed by atoms with E-state index in [0.717, 1.165) is 5.69 Å². The number of aromatic nitrogens is 4. The summed E-state index contributed by atoms with van der Waals surface area (Å²) in [6, 6.07) is 0. The first-order valence-corrected chi connectivity index (χ1v) is 4.69. The molecule has 0 bridgehead atoms. The van der Waals surface area contributed by atoms with E-state index in [1.165, 1.54) is 0 Å². The Kier molecular flexibility index (Phi) is 2.43. The molecule has 0 saturated carbocycles. The van der Waals surface area contributed by atoms with Gasteiger partial charge < -0.3 is 10.3 Å². The van der Waals surface area contributed by atoms with Crippen LogP contribution in [0.5, 0.6) is 0 Å². The summed E-state index contributed by atoms with van der Waals surface area (Å²) in [7, 11) is 0. The second-order valence-corrected chi connectivity index (χ2v) is 3.49. The zero-order valence-corrected chi connectivity index (χ0v) is 8.97. The molecule has 7 nitrogen and oxygen atoms in total. The van der Waals surface area contributed by atoms with Gasteiger partial charge in [-0.3, -0.25) is 4.79 Å². The molecule has 0 fully saturated rings. The molecule has 1 amide bonds. The van der Waals surface area contributed by atoms with Gasteiger partial charge in [-0.05, 0) is 13.8 Å². The van der Waals surface area contributed by atoms with E-state index in [9.17, 15) is 4.79 Å². The SMILES string of the molecule is Cc1cn(Cc2c(C(N)=O)noc2C)nn1. The van der Waals surface area contributed by atoms with Crippen LogP contribution in [0.1, 0.15) is 27.5 Å². The molecular weight excluding hydrogens is 210 g/mol. The number of rotatable bonds is 3. The minimum atomic E-state index is -0.608. The maximum atomic E-state index is 11.1. The van der Waals surface area contributed by atoms with Gasteiger partial charge in [-0.2, -0.15) is 0 Å². The highest BCUT2D eigenvalue weighted by Gasteiger charge is 2.17. The van der Waals surface area contributed by atoms with Crippen molar-refractivity contribution in [2.45, 2.75) is 20.4 Å². The average Bonchev–Trinajstić information content (AvgIpc) is 2.76. The summed E-state index contributed by atoms with van der Waals surface area (Å²) in [5.41, 5.74) is 6.76. The molecule has 2 N–H and O–H groups in total. The number of hydrogen-bond donors (Lipinski definition) is 1. The Labute approximate surface area is 91.2 Å². The predicted octanol–water partition coefficient (Wildman–Crippen LogP) is 0.0301. The minimum absolute atomic E-state index is 0.144. The third kappa shape index (κ3) is 1.79. The van der Waals surface area contributed by atoms with Crippen molar-refractivity contribution in [2.75, 3.05) is 0 Å². The smallest absolute Gasteiger partial charge is 0.271 e. The molecule has 0 aliphatic heterocycles. The lowest BCUT2D eigenvalue weighted by Gasteiger charge is -1.99. The number of nitrogens with two attached hydrogens (primary N) is 1. The maximum Gasteiger partial charge on any atom is 0.271 e. The van der Waals surface area contributed by atoms with E-state index in [0.29, 0.717) is 17.9 Å². The number of primary amides is 1. The molecule has 2 rings (SSSR count). The van der Waals surface area contributed by atoms with Gasteiger partial charge in [0, 0.05) is 11.8 Å². The number of carbonyl (C=O) groups is 1. The summed E-state index contributed by atoms with van der Waals surface area (Å²) in [5.74, 6) is -0.0503. The van der Waals surface area contributed by atoms with Crippen molar-refractivity contribution in [3.05, 3.63) is 28.9 Å². The molecule has 0 aliphatic rings. The first-order chi connectivity index (χ1) is 7.58.